The Hall–Kier alpha value is -0.545. The number of aliphatic carboxylic acids is 1. The van der Waals surface area contributed by atoms with Crippen molar-refractivity contribution in [2.45, 2.75) is 19.2 Å². The fourth-order valence-corrected chi connectivity index (χ4v) is 0.657. The summed E-state index contributed by atoms with van der Waals surface area (Å²) in [5, 5.41) is 16.3. The summed E-state index contributed by atoms with van der Waals surface area (Å²) in [5.74, 6) is -0.753. The Balaban J connectivity index is 2.84. The van der Waals surface area contributed by atoms with Gasteiger partial charge in [0.25, 0.3) is 0 Å². The van der Waals surface area contributed by atoms with Gasteiger partial charge in [-0.3, -0.25) is 4.79 Å². The van der Waals surface area contributed by atoms with E-state index in [-0.39, 0.29) is 6.42 Å². The first-order chi connectivity index (χ1) is 4.77. The van der Waals surface area contributed by atoms with Crippen LogP contribution in [0.5, 0.6) is 0 Å². The van der Waals surface area contributed by atoms with Crippen molar-refractivity contribution < 1.29 is 15.1 Å². The lowest BCUT2D eigenvalue weighted by Gasteiger charge is -1.94. The van der Waals surface area contributed by atoms with Gasteiger partial charge in [-0.15, -0.1) is 0 Å². The van der Waals surface area contributed by atoms with Gasteiger partial charge in [0.1, 0.15) is 7.28 Å². The van der Waals surface area contributed by atoms with E-state index in [0.29, 0.717) is 12.9 Å². The molecule has 0 bridgehead atoms. The minimum absolute atomic E-state index is 0.228. The molecule has 4 nitrogen and oxygen atoms in total. The first-order valence-corrected chi connectivity index (χ1v) is 3.36. The molecule has 0 saturated heterocycles. The molecule has 0 heterocycles. The van der Waals surface area contributed by atoms with Crippen LogP contribution in [0.25, 0.3) is 0 Å². The second kappa shape index (κ2) is 6.57. The van der Waals surface area contributed by atoms with Gasteiger partial charge in [-0.1, -0.05) is 6.32 Å². The van der Waals surface area contributed by atoms with Gasteiger partial charge in [-0.05, 0) is 12.9 Å². The average Bonchev–Trinajstić information content (AvgIpc) is 1.87. The number of rotatable bonds is 6. The lowest BCUT2D eigenvalue weighted by atomic mass is 9.73. The SMILES string of the molecule is O=C(O)CCCBCNO. The van der Waals surface area contributed by atoms with Gasteiger partial charge in [-0.2, -0.15) is 0 Å². The summed E-state index contributed by atoms with van der Waals surface area (Å²) in [7, 11) is 0.823. The monoisotopic (exact) mass is 145 g/mol. The summed E-state index contributed by atoms with van der Waals surface area (Å²) in [4.78, 5) is 9.97. The van der Waals surface area contributed by atoms with E-state index in [1.807, 2.05) is 5.48 Å². The fraction of sp³-hybridized carbons (Fsp3) is 0.800. The van der Waals surface area contributed by atoms with Crippen molar-refractivity contribution >= 4 is 13.2 Å². The molecule has 0 aromatic carbocycles. The van der Waals surface area contributed by atoms with Crippen LogP contribution >= 0.6 is 0 Å². The molecule has 0 aromatic rings. The first-order valence-electron chi connectivity index (χ1n) is 3.36. The van der Waals surface area contributed by atoms with Crippen LogP contribution in [0, 0.1) is 0 Å². The van der Waals surface area contributed by atoms with Crippen LogP contribution in [-0.4, -0.2) is 30.0 Å². The Bertz CT molecular complexity index is 98.9. The van der Waals surface area contributed by atoms with E-state index in [9.17, 15) is 4.79 Å². The maximum Gasteiger partial charge on any atom is 0.303 e. The third-order valence-electron chi connectivity index (χ3n) is 1.18. The molecule has 0 fully saturated rings. The Morgan fingerprint density at radius 1 is 1.60 bits per heavy atom. The van der Waals surface area contributed by atoms with Crippen molar-refractivity contribution in [2.75, 3.05) is 6.44 Å². The molecule has 0 rings (SSSR count). The third-order valence-corrected chi connectivity index (χ3v) is 1.18. The predicted molar refractivity (Wildman–Crippen MR) is 38.6 cm³/mol. The smallest absolute Gasteiger partial charge is 0.303 e. The highest BCUT2D eigenvalue weighted by Gasteiger charge is 1.96. The second-order valence-corrected chi connectivity index (χ2v) is 2.11. The van der Waals surface area contributed by atoms with E-state index in [0.717, 1.165) is 13.6 Å². The molecule has 0 saturated carbocycles. The second-order valence-electron chi connectivity index (χ2n) is 2.11. The van der Waals surface area contributed by atoms with Crippen LogP contribution in [0.1, 0.15) is 12.8 Å². The van der Waals surface area contributed by atoms with Crippen LogP contribution in [0.4, 0.5) is 0 Å². The van der Waals surface area contributed by atoms with Gasteiger partial charge < -0.3 is 10.3 Å². The molecule has 0 atom stereocenters. The van der Waals surface area contributed by atoms with E-state index in [2.05, 4.69) is 0 Å². The standard InChI is InChI=1S/C5H12BNO3/c8-5(9)2-1-3-6-4-7-10/h6-7,10H,1-4H2,(H,8,9). The molecule has 0 radical (unpaired) electrons. The zero-order valence-corrected chi connectivity index (χ0v) is 5.84. The average molecular weight is 145 g/mol. The summed E-state index contributed by atoms with van der Waals surface area (Å²) < 4.78 is 0. The molecule has 0 aliphatic heterocycles. The maximum atomic E-state index is 9.97. The molecule has 3 N–H and O–H groups in total. The van der Waals surface area contributed by atoms with Crippen molar-refractivity contribution in [3.63, 3.8) is 0 Å². The van der Waals surface area contributed by atoms with Crippen LogP contribution in [0.2, 0.25) is 6.32 Å². The molecule has 5 heteroatoms. The predicted octanol–water partition coefficient (Wildman–Crippen LogP) is -0.358. The van der Waals surface area contributed by atoms with Crippen molar-refractivity contribution in [3.8, 4) is 0 Å². The summed E-state index contributed by atoms with van der Waals surface area (Å²) in [6, 6.07) is 0. The largest absolute Gasteiger partial charge is 0.481 e. The van der Waals surface area contributed by atoms with Crippen molar-refractivity contribution in [1.29, 1.82) is 0 Å². The van der Waals surface area contributed by atoms with Crippen LogP contribution in [0.15, 0.2) is 0 Å². The van der Waals surface area contributed by atoms with E-state index < -0.39 is 5.97 Å². The summed E-state index contributed by atoms with van der Waals surface area (Å²) in [5.41, 5.74) is 2.01. The molecule has 58 valence electrons. The van der Waals surface area contributed by atoms with Crippen LogP contribution in [0.3, 0.4) is 0 Å². The lowest BCUT2D eigenvalue weighted by Crippen LogP contribution is -2.15. The van der Waals surface area contributed by atoms with Crippen molar-refractivity contribution in [1.82, 2.24) is 5.48 Å². The number of carboxylic acids is 1. The minimum atomic E-state index is -0.753. The molecule has 0 aliphatic carbocycles. The zero-order valence-electron chi connectivity index (χ0n) is 5.84. The Kier molecular flexibility index (Phi) is 6.21. The molecule has 10 heavy (non-hydrogen) atoms. The van der Waals surface area contributed by atoms with Crippen LogP contribution < -0.4 is 5.48 Å². The minimum Gasteiger partial charge on any atom is -0.481 e. The van der Waals surface area contributed by atoms with Gasteiger partial charge >= 0.3 is 5.97 Å². The Labute approximate surface area is 60.4 Å². The number of nitrogens with one attached hydrogen (secondary N) is 1. The molecule has 0 unspecified atom stereocenters. The Morgan fingerprint density at radius 3 is 2.80 bits per heavy atom. The summed E-state index contributed by atoms with van der Waals surface area (Å²) in [6.07, 6.45) is 2.31. The van der Waals surface area contributed by atoms with Gasteiger partial charge in [0.05, 0.1) is 0 Å². The van der Waals surface area contributed by atoms with E-state index >= 15 is 0 Å². The first kappa shape index (κ1) is 9.45. The number of hydrogen-bond donors (Lipinski definition) is 3. The highest BCUT2D eigenvalue weighted by atomic mass is 16.5. The molecular weight excluding hydrogens is 133 g/mol. The number of hydrogen-bond acceptors (Lipinski definition) is 3. The van der Waals surface area contributed by atoms with Crippen molar-refractivity contribution in [2.24, 2.45) is 0 Å². The topological polar surface area (TPSA) is 69.6 Å². The van der Waals surface area contributed by atoms with Gasteiger partial charge in [0.15, 0.2) is 0 Å². The van der Waals surface area contributed by atoms with E-state index in [1.54, 1.807) is 0 Å². The number of carboxylic acid groups (broad SMARTS) is 1. The molecule has 0 aliphatic rings. The summed E-state index contributed by atoms with van der Waals surface area (Å²) in [6.45, 7) is 0. The highest BCUT2D eigenvalue weighted by molar-refractivity contribution is 6.35. The Morgan fingerprint density at radius 2 is 2.30 bits per heavy atom. The van der Waals surface area contributed by atoms with E-state index in [1.165, 1.54) is 0 Å². The third kappa shape index (κ3) is 7.45. The molecular formula is C5H12BNO3. The number of carbonyl (C=O) groups is 1. The van der Waals surface area contributed by atoms with Gasteiger partial charge in [-0.25, -0.2) is 5.48 Å². The fourth-order valence-electron chi connectivity index (χ4n) is 0.657. The maximum absolute atomic E-state index is 9.97. The van der Waals surface area contributed by atoms with Crippen LogP contribution in [-0.2, 0) is 4.79 Å². The van der Waals surface area contributed by atoms with E-state index in [4.69, 9.17) is 10.3 Å². The lowest BCUT2D eigenvalue weighted by molar-refractivity contribution is -0.137. The molecule has 0 amide bonds. The van der Waals surface area contributed by atoms with Crippen molar-refractivity contribution in [3.05, 3.63) is 0 Å². The highest BCUT2D eigenvalue weighted by Crippen LogP contribution is 1.93. The normalized spacial score (nSPS) is 9.30. The van der Waals surface area contributed by atoms with Gasteiger partial charge in [0, 0.05) is 6.42 Å². The summed E-state index contributed by atoms with van der Waals surface area (Å²) >= 11 is 0. The zero-order chi connectivity index (χ0) is 7.82. The quantitative estimate of drug-likeness (QED) is 0.271. The number of hydroxylamine groups is 1. The van der Waals surface area contributed by atoms with Gasteiger partial charge in [0.2, 0.25) is 0 Å². The molecule has 0 spiro atoms. The molecule has 0 aromatic heterocycles.